The van der Waals surface area contributed by atoms with E-state index in [4.69, 9.17) is 0 Å². The predicted octanol–water partition coefficient (Wildman–Crippen LogP) is 4.06. The molecule has 2 bridgehead atoms. The van der Waals surface area contributed by atoms with Gasteiger partial charge in [-0.3, -0.25) is 0 Å². The average molecular weight is 286 g/mol. The van der Waals surface area contributed by atoms with Gasteiger partial charge in [-0.1, -0.05) is 38.5 Å². The third kappa shape index (κ3) is 3.42. The third-order valence-electron chi connectivity index (χ3n) is 5.50. The molecule has 0 aliphatic heterocycles. The zero-order chi connectivity index (χ0) is 14.8. The molecule has 0 radical (unpaired) electrons. The molecule has 1 aromatic rings. The first-order chi connectivity index (χ1) is 10.1. The second-order valence-corrected chi connectivity index (χ2v) is 7.48. The van der Waals surface area contributed by atoms with E-state index >= 15 is 0 Å². The van der Waals surface area contributed by atoms with Crippen LogP contribution in [0.1, 0.15) is 45.1 Å². The van der Waals surface area contributed by atoms with Gasteiger partial charge in [0, 0.05) is 31.9 Å². The highest BCUT2D eigenvalue weighted by atomic mass is 15.1. The van der Waals surface area contributed by atoms with Gasteiger partial charge in [0.15, 0.2) is 0 Å². The number of nitrogens with one attached hydrogen (secondary N) is 1. The van der Waals surface area contributed by atoms with Crippen molar-refractivity contribution < 1.29 is 0 Å². The Labute approximate surface area is 129 Å². The number of hydrogen-bond donors (Lipinski definition) is 1. The molecule has 1 aromatic carbocycles. The summed E-state index contributed by atoms with van der Waals surface area (Å²) in [4.78, 5) is 2.50. The van der Waals surface area contributed by atoms with E-state index in [1.165, 1.54) is 43.5 Å². The van der Waals surface area contributed by atoms with Crippen LogP contribution in [0.4, 0.5) is 5.69 Å². The first-order valence-corrected chi connectivity index (χ1v) is 8.66. The lowest BCUT2D eigenvalue weighted by Gasteiger charge is -2.30. The molecule has 3 unspecified atom stereocenters. The second-order valence-electron chi connectivity index (χ2n) is 7.48. The van der Waals surface area contributed by atoms with Crippen LogP contribution in [0.5, 0.6) is 0 Å². The zero-order valence-corrected chi connectivity index (χ0v) is 13.8. The van der Waals surface area contributed by atoms with Crippen molar-refractivity contribution in [2.45, 2.75) is 52.1 Å². The van der Waals surface area contributed by atoms with Crippen LogP contribution in [0, 0.1) is 17.8 Å². The smallest absolute Gasteiger partial charge is 0.0409 e. The Balaban J connectivity index is 1.65. The SMILES string of the molecule is CC(C)NCc1ccccc1N(C)CC1CC2CCC1C2. The van der Waals surface area contributed by atoms with E-state index in [1.807, 2.05) is 0 Å². The van der Waals surface area contributed by atoms with Crippen molar-refractivity contribution in [1.82, 2.24) is 5.32 Å². The molecule has 116 valence electrons. The molecule has 21 heavy (non-hydrogen) atoms. The molecule has 2 nitrogen and oxygen atoms in total. The molecule has 2 aliphatic carbocycles. The Kier molecular flexibility index (Phi) is 4.54. The summed E-state index contributed by atoms with van der Waals surface area (Å²) in [5.41, 5.74) is 2.84. The number of hydrogen-bond acceptors (Lipinski definition) is 2. The molecule has 2 fully saturated rings. The molecule has 0 aromatic heterocycles. The van der Waals surface area contributed by atoms with E-state index in [-0.39, 0.29) is 0 Å². The van der Waals surface area contributed by atoms with Gasteiger partial charge in [-0.2, -0.15) is 0 Å². The van der Waals surface area contributed by atoms with Crippen LogP contribution in [0.15, 0.2) is 24.3 Å². The summed E-state index contributed by atoms with van der Waals surface area (Å²) in [6.07, 6.45) is 5.97. The summed E-state index contributed by atoms with van der Waals surface area (Å²) in [7, 11) is 2.28. The largest absolute Gasteiger partial charge is 0.374 e. The normalized spacial score (nSPS) is 27.5. The maximum Gasteiger partial charge on any atom is 0.0409 e. The second kappa shape index (κ2) is 6.39. The van der Waals surface area contributed by atoms with Crippen molar-refractivity contribution >= 4 is 5.69 Å². The molecule has 0 amide bonds. The van der Waals surface area contributed by atoms with Crippen molar-refractivity contribution in [3.05, 3.63) is 29.8 Å². The highest BCUT2D eigenvalue weighted by molar-refractivity contribution is 5.53. The fraction of sp³-hybridized carbons (Fsp3) is 0.684. The highest BCUT2D eigenvalue weighted by Crippen LogP contribution is 2.48. The molecule has 0 spiro atoms. The van der Waals surface area contributed by atoms with Crippen LogP contribution in [0.25, 0.3) is 0 Å². The molecule has 2 heteroatoms. The summed E-state index contributed by atoms with van der Waals surface area (Å²) in [5, 5.41) is 3.55. The van der Waals surface area contributed by atoms with Gasteiger partial charge in [-0.05, 0) is 48.6 Å². The van der Waals surface area contributed by atoms with E-state index in [9.17, 15) is 0 Å². The van der Waals surface area contributed by atoms with Gasteiger partial charge >= 0.3 is 0 Å². The summed E-state index contributed by atoms with van der Waals surface area (Å²) in [6.45, 7) is 6.62. The Morgan fingerprint density at radius 2 is 2.00 bits per heavy atom. The van der Waals surface area contributed by atoms with Gasteiger partial charge in [0.05, 0.1) is 0 Å². The molecule has 0 saturated heterocycles. The summed E-state index contributed by atoms with van der Waals surface area (Å²) in [6, 6.07) is 9.42. The summed E-state index contributed by atoms with van der Waals surface area (Å²) in [5.74, 6) is 2.99. The van der Waals surface area contributed by atoms with Gasteiger partial charge in [0.1, 0.15) is 0 Å². The molecular formula is C19H30N2. The van der Waals surface area contributed by atoms with E-state index in [0.717, 1.165) is 24.3 Å². The van der Waals surface area contributed by atoms with Gasteiger partial charge in [0.25, 0.3) is 0 Å². The minimum Gasteiger partial charge on any atom is -0.374 e. The first kappa shape index (κ1) is 14.9. The number of anilines is 1. The van der Waals surface area contributed by atoms with Crippen LogP contribution in [0.2, 0.25) is 0 Å². The van der Waals surface area contributed by atoms with Crippen molar-refractivity contribution in [3.63, 3.8) is 0 Å². The number of para-hydroxylation sites is 1. The molecule has 2 saturated carbocycles. The van der Waals surface area contributed by atoms with Crippen molar-refractivity contribution in [3.8, 4) is 0 Å². The number of benzene rings is 1. The lowest BCUT2D eigenvalue weighted by molar-refractivity contribution is 0.337. The summed E-state index contributed by atoms with van der Waals surface area (Å²) < 4.78 is 0. The molecule has 2 aliphatic rings. The zero-order valence-electron chi connectivity index (χ0n) is 13.8. The number of rotatable bonds is 6. The van der Waals surface area contributed by atoms with Crippen molar-refractivity contribution in [2.75, 3.05) is 18.5 Å². The third-order valence-corrected chi connectivity index (χ3v) is 5.50. The van der Waals surface area contributed by atoms with Crippen molar-refractivity contribution in [2.24, 2.45) is 17.8 Å². The van der Waals surface area contributed by atoms with E-state index < -0.39 is 0 Å². The Hall–Kier alpha value is -1.02. The van der Waals surface area contributed by atoms with Crippen LogP contribution in [0.3, 0.4) is 0 Å². The topological polar surface area (TPSA) is 15.3 Å². The molecular weight excluding hydrogens is 256 g/mol. The lowest BCUT2D eigenvalue weighted by Crippen LogP contribution is -2.30. The minimum atomic E-state index is 0.536. The molecule has 1 N–H and O–H groups in total. The van der Waals surface area contributed by atoms with Gasteiger partial charge in [-0.25, -0.2) is 0 Å². The number of fused-ring (bicyclic) bond motifs is 2. The van der Waals surface area contributed by atoms with Gasteiger partial charge < -0.3 is 10.2 Å². The van der Waals surface area contributed by atoms with Crippen LogP contribution in [-0.4, -0.2) is 19.6 Å². The standard InChI is InChI=1S/C19H30N2/c1-14(2)20-12-17-6-4-5-7-19(17)21(3)13-18-11-15-8-9-16(18)10-15/h4-7,14-16,18,20H,8-13H2,1-3H3. The quantitative estimate of drug-likeness (QED) is 0.848. The van der Waals surface area contributed by atoms with E-state index in [1.54, 1.807) is 0 Å². The van der Waals surface area contributed by atoms with E-state index in [2.05, 4.69) is 55.4 Å². The van der Waals surface area contributed by atoms with Crippen LogP contribution in [-0.2, 0) is 6.54 Å². The molecule has 3 atom stereocenters. The van der Waals surface area contributed by atoms with Gasteiger partial charge in [-0.15, -0.1) is 0 Å². The first-order valence-electron chi connectivity index (χ1n) is 8.66. The monoisotopic (exact) mass is 286 g/mol. The fourth-order valence-electron chi connectivity index (χ4n) is 4.40. The average Bonchev–Trinajstić information content (AvgIpc) is 3.08. The van der Waals surface area contributed by atoms with Crippen LogP contribution >= 0.6 is 0 Å². The minimum absolute atomic E-state index is 0.536. The molecule has 0 heterocycles. The van der Waals surface area contributed by atoms with Crippen molar-refractivity contribution in [1.29, 1.82) is 0 Å². The summed E-state index contributed by atoms with van der Waals surface area (Å²) >= 11 is 0. The predicted molar refractivity (Wildman–Crippen MR) is 90.6 cm³/mol. The Morgan fingerprint density at radius 1 is 1.19 bits per heavy atom. The number of nitrogens with zero attached hydrogens (tertiary/aromatic N) is 1. The van der Waals surface area contributed by atoms with E-state index in [0.29, 0.717) is 6.04 Å². The Morgan fingerprint density at radius 3 is 2.67 bits per heavy atom. The maximum atomic E-state index is 3.55. The Bertz CT molecular complexity index is 468. The lowest BCUT2D eigenvalue weighted by atomic mass is 9.88. The van der Waals surface area contributed by atoms with Crippen LogP contribution < -0.4 is 10.2 Å². The maximum absolute atomic E-state index is 3.55. The highest BCUT2D eigenvalue weighted by Gasteiger charge is 2.39. The van der Waals surface area contributed by atoms with Gasteiger partial charge in [0.2, 0.25) is 0 Å². The fourth-order valence-corrected chi connectivity index (χ4v) is 4.40. The molecule has 3 rings (SSSR count).